The molecular weight excluding hydrogens is 206 g/mol. The van der Waals surface area contributed by atoms with Crippen LogP contribution in [0.3, 0.4) is 0 Å². The van der Waals surface area contributed by atoms with Crippen LogP contribution in [0.25, 0.3) is 5.69 Å². The molecule has 15 heavy (non-hydrogen) atoms. The maximum atomic E-state index is 5.94. The van der Waals surface area contributed by atoms with Crippen LogP contribution in [0.15, 0.2) is 30.5 Å². The molecule has 2 N–H and O–H groups in total. The molecule has 0 saturated heterocycles. The second-order valence-corrected chi connectivity index (χ2v) is 4.57. The summed E-state index contributed by atoms with van der Waals surface area (Å²) in [6.07, 6.45) is 1.95. The number of rotatable bonds is 1. The predicted octanol–water partition coefficient (Wildman–Crippen LogP) is 2.20. The maximum absolute atomic E-state index is 5.94. The Labute approximate surface area is 92.3 Å². The van der Waals surface area contributed by atoms with Crippen molar-refractivity contribution in [1.82, 2.24) is 9.78 Å². The number of nitrogens with two attached hydrogens (primary N) is 1. The van der Waals surface area contributed by atoms with E-state index in [1.54, 1.807) is 0 Å². The maximum Gasteiger partial charge on any atom is 0.0878 e. The Morgan fingerprint density at radius 3 is 3.00 bits per heavy atom. The summed E-state index contributed by atoms with van der Waals surface area (Å²) in [5.74, 6) is 2.10. The topological polar surface area (TPSA) is 43.8 Å². The molecule has 0 atom stereocenters. The molecule has 0 bridgehead atoms. The summed E-state index contributed by atoms with van der Waals surface area (Å²) in [6, 6.07) is 7.84. The van der Waals surface area contributed by atoms with Gasteiger partial charge in [-0.25, -0.2) is 4.68 Å². The minimum absolute atomic E-state index is 0.778. The quantitative estimate of drug-likeness (QED) is 0.745. The summed E-state index contributed by atoms with van der Waals surface area (Å²) in [5.41, 5.74) is 10.3. The number of nitrogens with zero attached hydrogens (tertiary/aromatic N) is 2. The Bertz CT molecular complexity index is 504. The first-order valence-corrected chi connectivity index (χ1v) is 6.00. The van der Waals surface area contributed by atoms with Crippen molar-refractivity contribution in [2.45, 2.75) is 11.5 Å². The number of aromatic nitrogens is 2. The molecular formula is C11H11N3S. The van der Waals surface area contributed by atoms with Crippen molar-refractivity contribution >= 4 is 17.4 Å². The lowest BCUT2D eigenvalue weighted by atomic mass is 10.2. The molecule has 2 heterocycles. The number of hydrogen-bond donors (Lipinski definition) is 1. The highest BCUT2D eigenvalue weighted by Crippen LogP contribution is 2.31. The highest BCUT2D eigenvalue weighted by atomic mass is 32.2. The molecule has 1 aromatic heterocycles. The number of benzene rings is 1. The van der Waals surface area contributed by atoms with Crippen molar-refractivity contribution in [3.05, 3.63) is 41.7 Å². The van der Waals surface area contributed by atoms with E-state index >= 15 is 0 Å². The molecule has 0 amide bonds. The highest BCUT2D eigenvalue weighted by molar-refractivity contribution is 7.98. The largest absolute Gasteiger partial charge is 0.397 e. The first-order valence-electron chi connectivity index (χ1n) is 4.84. The first kappa shape index (κ1) is 8.85. The molecule has 4 heteroatoms. The molecule has 0 fully saturated rings. The van der Waals surface area contributed by atoms with Gasteiger partial charge >= 0.3 is 0 Å². The standard InChI is InChI=1S/C11H11N3S/c12-9-3-1-2-4-10(9)14-11-7-15-6-8(11)5-13-14/h1-5H,6-7,12H2. The van der Waals surface area contributed by atoms with Crippen LogP contribution < -0.4 is 5.73 Å². The number of para-hydroxylation sites is 2. The van der Waals surface area contributed by atoms with E-state index < -0.39 is 0 Å². The first-order chi connectivity index (χ1) is 7.36. The molecule has 0 radical (unpaired) electrons. The molecule has 1 aliphatic rings. The van der Waals surface area contributed by atoms with E-state index in [0.29, 0.717) is 0 Å². The van der Waals surface area contributed by atoms with E-state index in [2.05, 4.69) is 5.10 Å². The van der Waals surface area contributed by atoms with Crippen LogP contribution in [0.4, 0.5) is 5.69 Å². The fourth-order valence-electron chi connectivity index (χ4n) is 1.83. The van der Waals surface area contributed by atoms with E-state index in [0.717, 1.165) is 22.9 Å². The molecule has 0 aliphatic carbocycles. The molecule has 0 unspecified atom stereocenters. The zero-order valence-corrected chi connectivity index (χ0v) is 9.00. The van der Waals surface area contributed by atoms with Gasteiger partial charge in [-0.15, -0.1) is 0 Å². The van der Waals surface area contributed by atoms with Gasteiger partial charge in [0.15, 0.2) is 0 Å². The lowest BCUT2D eigenvalue weighted by Gasteiger charge is -2.07. The van der Waals surface area contributed by atoms with Crippen molar-refractivity contribution in [1.29, 1.82) is 0 Å². The number of nitrogen functional groups attached to an aromatic ring is 1. The van der Waals surface area contributed by atoms with Crippen molar-refractivity contribution < 1.29 is 0 Å². The summed E-state index contributed by atoms with van der Waals surface area (Å²) < 4.78 is 1.96. The van der Waals surface area contributed by atoms with Gasteiger partial charge in [-0.05, 0) is 12.1 Å². The molecule has 2 aromatic rings. The van der Waals surface area contributed by atoms with Gasteiger partial charge in [0.1, 0.15) is 0 Å². The van der Waals surface area contributed by atoms with Crippen LogP contribution in [0.1, 0.15) is 11.3 Å². The number of thioether (sulfide) groups is 1. The molecule has 76 valence electrons. The smallest absolute Gasteiger partial charge is 0.0878 e. The van der Waals surface area contributed by atoms with Crippen LogP contribution in [0.2, 0.25) is 0 Å². The third-order valence-electron chi connectivity index (χ3n) is 2.62. The minimum atomic E-state index is 0.778. The SMILES string of the molecule is Nc1ccccc1-n1ncc2c1CSC2. The lowest BCUT2D eigenvalue weighted by molar-refractivity contribution is 0.845. The second kappa shape index (κ2) is 3.31. The zero-order chi connectivity index (χ0) is 10.3. The lowest BCUT2D eigenvalue weighted by Crippen LogP contribution is -2.03. The van der Waals surface area contributed by atoms with Crippen LogP contribution in [0, 0.1) is 0 Å². The van der Waals surface area contributed by atoms with Crippen LogP contribution >= 0.6 is 11.8 Å². The minimum Gasteiger partial charge on any atom is -0.397 e. The third-order valence-corrected chi connectivity index (χ3v) is 3.61. The van der Waals surface area contributed by atoms with Gasteiger partial charge in [-0.3, -0.25) is 0 Å². The number of anilines is 1. The summed E-state index contributed by atoms with van der Waals surface area (Å²) in [4.78, 5) is 0. The van der Waals surface area contributed by atoms with Gasteiger partial charge in [0.2, 0.25) is 0 Å². The molecule has 3 rings (SSSR count). The summed E-state index contributed by atoms with van der Waals surface area (Å²) in [7, 11) is 0. The normalized spacial score (nSPS) is 14.1. The van der Waals surface area contributed by atoms with E-state index in [-0.39, 0.29) is 0 Å². The predicted molar refractivity (Wildman–Crippen MR) is 63.0 cm³/mol. The van der Waals surface area contributed by atoms with Gasteiger partial charge in [-0.2, -0.15) is 16.9 Å². The zero-order valence-electron chi connectivity index (χ0n) is 8.18. The Morgan fingerprint density at radius 1 is 1.27 bits per heavy atom. The van der Waals surface area contributed by atoms with Crippen LogP contribution in [-0.2, 0) is 11.5 Å². The van der Waals surface area contributed by atoms with Crippen molar-refractivity contribution in [3.8, 4) is 5.69 Å². The van der Waals surface area contributed by atoms with E-state index in [1.807, 2.05) is 46.9 Å². The number of hydrogen-bond acceptors (Lipinski definition) is 3. The summed E-state index contributed by atoms with van der Waals surface area (Å²) in [5, 5.41) is 4.39. The average molecular weight is 217 g/mol. The molecule has 1 aromatic carbocycles. The Morgan fingerprint density at radius 2 is 2.13 bits per heavy atom. The van der Waals surface area contributed by atoms with E-state index in [9.17, 15) is 0 Å². The molecule has 0 spiro atoms. The third kappa shape index (κ3) is 1.33. The van der Waals surface area contributed by atoms with E-state index in [4.69, 9.17) is 5.73 Å². The Balaban J connectivity index is 2.17. The van der Waals surface area contributed by atoms with Crippen LogP contribution in [0.5, 0.6) is 0 Å². The fraction of sp³-hybridized carbons (Fsp3) is 0.182. The van der Waals surface area contributed by atoms with Gasteiger partial charge < -0.3 is 5.73 Å². The molecule has 0 saturated carbocycles. The van der Waals surface area contributed by atoms with Gasteiger partial charge in [0.25, 0.3) is 0 Å². The monoisotopic (exact) mass is 217 g/mol. The number of fused-ring (bicyclic) bond motifs is 1. The second-order valence-electron chi connectivity index (χ2n) is 3.58. The van der Waals surface area contributed by atoms with Crippen LogP contribution in [-0.4, -0.2) is 9.78 Å². The average Bonchev–Trinajstić information content (AvgIpc) is 2.80. The summed E-state index contributed by atoms with van der Waals surface area (Å²) in [6.45, 7) is 0. The molecule has 3 nitrogen and oxygen atoms in total. The molecule has 1 aliphatic heterocycles. The highest BCUT2D eigenvalue weighted by Gasteiger charge is 2.18. The van der Waals surface area contributed by atoms with Gasteiger partial charge in [-0.1, -0.05) is 12.1 Å². The fourth-order valence-corrected chi connectivity index (χ4v) is 2.89. The van der Waals surface area contributed by atoms with Crippen molar-refractivity contribution in [2.24, 2.45) is 0 Å². The summed E-state index contributed by atoms with van der Waals surface area (Å²) >= 11 is 1.92. The van der Waals surface area contributed by atoms with Gasteiger partial charge in [0, 0.05) is 17.1 Å². The van der Waals surface area contributed by atoms with Crippen molar-refractivity contribution in [2.75, 3.05) is 5.73 Å². The van der Waals surface area contributed by atoms with E-state index in [1.165, 1.54) is 11.3 Å². The van der Waals surface area contributed by atoms with Gasteiger partial charge in [0.05, 0.1) is 23.3 Å². The van der Waals surface area contributed by atoms with Crippen molar-refractivity contribution in [3.63, 3.8) is 0 Å². The Kier molecular flexibility index (Phi) is 1.95. The Hall–Kier alpha value is -1.42.